The average molecular weight is 925 g/mol. The van der Waals surface area contributed by atoms with Crippen LogP contribution in [0.1, 0.15) is 49.5 Å². The first kappa shape index (κ1) is 45.8. The lowest BCUT2D eigenvalue weighted by molar-refractivity contribution is -0.913. The van der Waals surface area contributed by atoms with Crippen molar-refractivity contribution < 1.29 is 80.2 Å². The van der Waals surface area contributed by atoms with Crippen LogP contribution in [0.2, 0.25) is 0 Å². The van der Waals surface area contributed by atoms with E-state index in [0.29, 0.717) is 58.3 Å². The van der Waals surface area contributed by atoms with Crippen LogP contribution in [0.4, 0.5) is 13.6 Å². The van der Waals surface area contributed by atoms with Gasteiger partial charge in [0.05, 0.1) is 84.8 Å². The summed E-state index contributed by atoms with van der Waals surface area (Å²) in [6, 6.07) is 9.70. The van der Waals surface area contributed by atoms with Gasteiger partial charge in [0, 0.05) is 31.0 Å². The molecule has 3 aromatic rings. The lowest BCUT2D eigenvalue weighted by atomic mass is 10.1. The van der Waals surface area contributed by atoms with Gasteiger partial charge in [0.1, 0.15) is 17.4 Å². The molecule has 2 fully saturated rings. The number of aromatic nitrogens is 1. The van der Waals surface area contributed by atoms with Crippen molar-refractivity contribution in [1.82, 2.24) is 25.4 Å². The summed E-state index contributed by atoms with van der Waals surface area (Å²) in [5.74, 6) is -6.02. The molecule has 18 heteroatoms. The third kappa shape index (κ3) is 11.9. The molecule has 5 rings (SSSR count). The topological polar surface area (TPSA) is 166 Å². The number of nitrogens with zero attached hydrogens (tertiary/aromatic N) is 4. The number of carbonyl (C=O) groups is 5. The van der Waals surface area contributed by atoms with Crippen molar-refractivity contribution in [3.8, 4) is 17.2 Å². The summed E-state index contributed by atoms with van der Waals surface area (Å²) in [4.78, 5) is 71.6. The normalized spacial score (nSPS) is 17.1. The van der Waals surface area contributed by atoms with Gasteiger partial charge in [-0.15, -0.1) is 0 Å². The van der Waals surface area contributed by atoms with E-state index in [0.717, 1.165) is 30.5 Å². The zero-order valence-corrected chi connectivity index (χ0v) is 35.7. The Labute approximate surface area is 353 Å². The van der Waals surface area contributed by atoms with Gasteiger partial charge >= 0.3 is 6.09 Å². The molecule has 0 aliphatic carbocycles. The third-order valence-electron chi connectivity index (χ3n) is 9.96. The van der Waals surface area contributed by atoms with Crippen LogP contribution < -0.4 is 48.8 Å². The van der Waals surface area contributed by atoms with Crippen LogP contribution in [0.3, 0.4) is 0 Å². The quantitative estimate of drug-likeness (QED) is 0.101. The van der Waals surface area contributed by atoms with E-state index < -0.39 is 60.6 Å². The van der Waals surface area contributed by atoms with E-state index in [-0.39, 0.29) is 42.2 Å². The van der Waals surface area contributed by atoms with Crippen LogP contribution in [-0.2, 0) is 25.7 Å². The number of rotatable bonds is 14. The Hall–Kier alpha value is -4.85. The fraction of sp³-hybridized carbons (Fsp3) is 0.500. The van der Waals surface area contributed by atoms with Gasteiger partial charge in [0.25, 0.3) is 17.7 Å². The second-order valence-corrected chi connectivity index (χ2v) is 15.5. The van der Waals surface area contributed by atoms with E-state index in [1.54, 1.807) is 41.3 Å². The number of likely N-dealkylation sites (N-methyl/N-ethyl adjacent to an activating group) is 1. The molecule has 316 valence electrons. The Balaban J connectivity index is 0.00000744. The number of pyridine rings is 1. The highest BCUT2D eigenvalue weighted by Gasteiger charge is 2.51. The number of methoxy groups -OCH3 is 2. The first-order chi connectivity index (χ1) is 26.9. The highest BCUT2D eigenvalue weighted by atomic mass is 127. The van der Waals surface area contributed by atoms with Gasteiger partial charge in [-0.1, -0.05) is 6.07 Å². The number of benzene rings is 2. The molecule has 4 amide bonds. The first-order valence-electron chi connectivity index (χ1n) is 18.7. The van der Waals surface area contributed by atoms with E-state index in [2.05, 4.69) is 22.7 Å². The largest absolute Gasteiger partial charge is 1.00 e. The number of halogens is 3. The number of alkyl halides is 2. The van der Waals surface area contributed by atoms with Gasteiger partial charge in [-0.25, -0.2) is 13.6 Å². The van der Waals surface area contributed by atoms with Crippen molar-refractivity contribution in [3.63, 3.8) is 0 Å². The fourth-order valence-corrected chi connectivity index (χ4v) is 6.81. The molecule has 0 bridgehead atoms. The summed E-state index contributed by atoms with van der Waals surface area (Å²) < 4.78 is 51.9. The van der Waals surface area contributed by atoms with E-state index >= 15 is 0 Å². The number of ether oxygens (including phenoxy) is 4. The van der Waals surface area contributed by atoms with Gasteiger partial charge < -0.3 is 62.9 Å². The van der Waals surface area contributed by atoms with Gasteiger partial charge in [0.2, 0.25) is 11.7 Å². The number of carbonyl (C=O) groups excluding carboxylic acids is 5. The van der Waals surface area contributed by atoms with Crippen molar-refractivity contribution in [1.29, 1.82) is 0 Å². The summed E-state index contributed by atoms with van der Waals surface area (Å²) >= 11 is 0. The Bertz CT molecular complexity index is 1990. The molecule has 58 heavy (non-hydrogen) atoms. The number of quaternary nitrogens is 1. The molecule has 2 aliphatic rings. The maximum Gasteiger partial charge on any atom is 0.410 e. The first-order valence-corrected chi connectivity index (χ1v) is 18.7. The van der Waals surface area contributed by atoms with E-state index in [4.69, 9.17) is 18.9 Å². The van der Waals surface area contributed by atoms with Crippen LogP contribution in [0.15, 0.2) is 48.7 Å². The molecule has 0 radical (unpaired) electrons. The molecule has 0 spiro atoms. The second-order valence-electron chi connectivity index (χ2n) is 15.5. The highest BCUT2D eigenvalue weighted by molar-refractivity contribution is 6.38. The fourth-order valence-electron chi connectivity index (χ4n) is 6.81. The molecule has 2 N–H and O–H groups in total. The lowest BCUT2D eigenvalue weighted by Crippen LogP contribution is -3.00. The van der Waals surface area contributed by atoms with Crippen LogP contribution in [0.5, 0.6) is 17.2 Å². The van der Waals surface area contributed by atoms with Gasteiger partial charge in [-0.2, -0.15) is 0 Å². The minimum absolute atomic E-state index is 0. The summed E-state index contributed by atoms with van der Waals surface area (Å²) in [6.07, 6.45) is 0.841. The molecule has 3 heterocycles. The summed E-state index contributed by atoms with van der Waals surface area (Å²) in [5.41, 5.74) is 0.677. The summed E-state index contributed by atoms with van der Waals surface area (Å²) in [5, 5.41) is 5.34. The number of Topliss-reactive ketones (excluding diaryl/α,β-unsaturated/α-hetero) is 1. The molecule has 2 aliphatic heterocycles. The number of fused-ring (bicyclic) bond motifs is 1. The number of likely N-dealkylation sites (tertiary alicyclic amines) is 1. The second kappa shape index (κ2) is 19.3. The monoisotopic (exact) mass is 924 g/mol. The minimum Gasteiger partial charge on any atom is -1.00 e. The SMILES string of the molecule is COc1ccc(CNC(=O)C(=O)[C@@H]2CC(F)(F)CN2C(=O)CNC(=O)c2ccnc3ccc(OCCC[N+]4(C)CCN(C(=O)OC(C)(C)C)CC4)cc23)cc1OC.[I-]. The third-order valence-corrected chi connectivity index (χ3v) is 9.96. The molecular formula is C40H51F2IN6O9. The number of ketones is 1. The standard InChI is InChI=1S/C40H50F2N6O9.HI/c1-39(2,3)57-38(53)46-14-17-48(4,18-15-46)16-7-19-56-27-9-10-30-29(21-27)28(12-13-43-30)36(51)45-24-34(49)47-25-40(41,42)22-31(47)35(50)37(52)44-23-26-8-11-32(54-5)33(20-26)55-6;/h8-13,20-21,31H,7,14-19,22-25H2,1-6H3,(H-,44,45,51,52);1H/t31-;/m0./s1. The number of amides is 4. The Kier molecular flexibility index (Phi) is 15.2. The van der Waals surface area contributed by atoms with Crippen LogP contribution >= 0.6 is 0 Å². The Morgan fingerprint density at radius 3 is 2.34 bits per heavy atom. The zero-order valence-electron chi connectivity index (χ0n) is 33.6. The van der Waals surface area contributed by atoms with E-state index in [1.807, 2.05) is 20.8 Å². The molecule has 2 saturated heterocycles. The number of nitrogens with one attached hydrogen (secondary N) is 2. The molecule has 1 atom stereocenters. The molecule has 2 aromatic carbocycles. The number of hydrogen-bond donors (Lipinski definition) is 2. The van der Waals surface area contributed by atoms with Gasteiger partial charge in [0.15, 0.2) is 11.5 Å². The summed E-state index contributed by atoms with van der Waals surface area (Å²) in [6.45, 7) is 7.66. The van der Waals surface area contributed by atoms with Crippen LogP contribution in [0.25, 0.3) is 10.9 Å². The van der Waals surface area contributed by atoms with Gasteiger partial charge in [-0.05, 0) is 62.7 Å². The molecule has 0 unspecified atom stereocenters. The molecule has 15 nitrogen and oxygen atoms in total. The van der Waals surface area contributed by atoms with Gasteiger partial charge in [-0.3, -0.25) is 29.1 Å². The zero-order chi connectivity index (χ0) is 41.5. The number of piperazine rings is 1. The Morgan fingerprint density at radius 1 is 0.966 bits per heavy atom. The maximum atomic E-state index is 14.6. The van der Waals surface area contributed by atoms with Crippen LogP contribution in [-0.4, -0.2) is 140 Å². The molecule has 1 aromatic heterocycles. The average Bonchev–Trinajstić information content (AvgIpc) is 3.51. The number of hydrogen-bond acceptors (Lipinski definition) is 10. The van der Waals surface area contributed by atoms with E-state index in [1.165, 1.54) is 26.5 Å². The van der Waals surface area contributed by atoms with Crippen molar-refractivity contribution in [2.75, 3.05) is 73.7 Å². The van der Waals surface area contributed by atoms with Crippen molar-refractivity contribution in [2.24, 2.45) is 0 Å². The van der Waals surface area contributed by atoms with Crippen LogP contribution in [0, 0.1) is 0 Å². The predicted molar refractivity (Wildman–Crippen MR) is 204 cm³/mol. The van der Waals surface area contributed by atoms with Crippen molar-refractivity contribution >= 4 is 40.5 Å². The molecule has 0 saturated carbocycles. The molecular weight excluding hydrogens is 873 g/mol. The summed E-state index contributed by atoms with van der Waals surface area (Å²) in [7, 11) is 5.05. The smallest absolute Gasteiger partial charge is 0.410 e. The maximum absolute atomic E-state index is 14.6. The van der Waals surface area contributed by atoms with E-state index in [9.17, 15) is 32.8 Å². The van der Waals surface area contributed by atoms with Crippen molar-refractivity contribution in [2.45, 2.75) is 57.7 Å². The predicted octanol–water partition coefficient (Wildman–Crippen LogP) is 0.574. The lowest BCUT2D eigenvalue weighted by Gasteiger charge is -2.42. The minimum atomic E-state index is -3.42. The highest BCUT2D eigenvalue weighted by Crippen LogP contribution is 2.33. The Morgan fingerprint density at radius 2 is 1.67 bits per heavy atom. The van der Waals surface area contributed by atoms with Crippen molar-refractivity contribution in [3.05, 3.63) is 59.8 Å².